The number of fused-ring (bicyclic) bond motifs is 1. The molecule has 146 valence electrons. The summed E-state index contributed by atoms with van der Waals surface area (Å²) in [6.45, 7) is 5.60. The molecule has 0 fully saturated rings. The number of anilines is 1. The topological polar surface area (TPSA) is 101 Å². The lowest BCUT2D eigenvalue weighted by molar-refractivity contribution is 0.0526. The van der Waals surface area contributed by atoms with Crippen molar-refractivity contribution >= 4 is 28.7 Å². The smallest absolute Gasteiger partial charge is 0.407 e. The van der Waals surface area contributed by atoms with Crippen molar-refractivity contribution in [3.63, 3.8) is 0 Å². The highest BCUT2D eigenvalue weighted by Gasteiger charge is 2.16. The minimum atomic E-state index is -0.712. The standard InChI is InChI=1S/C19H25N3O5/c1-19(2,3)27-18(25)21-9-8-20-16(23)14-10-12-6-7-13(22(4)5)11-15(12)26-17(14)24/h6-7,10-11H,8-9H2,1-5H3,(H,20,23)(H,21,25). The fourth-order valence-electron chi connectivity index (χ4n) is 2.29. The van der Waals surface area contributed by atoms with E-state index in [1.165, 1.54) is 6.07 Å². The normalized spacial score (nSPS) is 11.1. The Balaban J connectivity index is 1.99. The van der Waals surface area contributed by atoms with Crippen LogP contribution < -0.4 is 21.2 Å². The number of nitrogens with one attached hydrogen (secondary N) is 2. The predicted octanol–water partition coefficient (Wildman–Crippen LogP) is 2.11. The molecular formula is C19H25N3O5. The van der Waals surface area contributed by atoms with Crippen LogP contribution in [-0.4, -0.2) is 44.8 Å². The molecule has 1 aromatic carbocycles. The number of carbonyl (C=O) groups is 2. The van der Waals surface area contributed by atoms with Crippen LogP contribution in [0.4, 0.5) is 10.5 Å². The maximum atomic E-state index is 12.2. The third-order valence-electron chi connectivity index (χ3n) is 3.56. The van der Waals surface area contributed by atoms with Crippen molar-refractivity contribution in [2.45, 2.75) is 26.4 Å². The zero-order valence-electron chi connectivity index (χ0n) is 16.2. The Hall–Kier alpha value is -3.03. The quantitative estimate of drug-likeness (QED) is 0.613. The molecule has 0 aliphatic heterocycles. The van der Waals surface area contributed by atoms with Crippen LogP contribution in [0.3, 0.4) is 0 Å². The predicted molar refractivity (Wildman–Crippen MR) is 103 cm³/mol. The molecule has 8 nitrogen and oxygen atoms in total. The number of nitrogens with zero attached hydrogens (tertiary/aromatic N) is 1. The number of benzene rings is 1. The van der Waals surface area contributed by atoms with Gasteiger partial charge in [-0.2, -0.15) is 0 Å². The van der Waals surface area contributed by atoms with Gasteiger partial charge in [-0.3, -0.25) is 4.79 Å². The van der Waals surface area contributed by atoms with E-state index in [1.54, 1.807) is 32.9 Å². The highest BCUT2D eigenvalue weighted by atomic mass is 16.6. The Morgan fingerprint density at radius 3 is 2.41 bits per heavy atom. The first-order valence-corrected chi connectivity index (χ1v) is 8.57. The molecule has 27 heavy (non-hydrogen) atoms. The van der Waals surface area contributed by atoms with Crippen LogP contribution >= 0.6 is 0 Å². The van der Waals surface area contributed by atoms with E-state index in [9.17, 15) is 14.4 Å². The van der Waals surface area contributed by atoms with Crippen LogP contribution in [-0.2, 0) is 4.74 Å². The minimum Gasteiger partial charge on any atom is -0.444 e. The zero-order chi connectivity index (χ0) is 20.2. The van der Waals surface area contributed by atoms with Gasteiger partial charge in [0.15, 0.2) is 0 Å². The molecule has 0 radical (unpaired) electrons. The van der Waals surface area contributed by atoms with Gasteiger partial charge in [0.25, 0.3) is 5.91 Å². The number of hydrogen-bond donors (Lipinski definition) is 2. The summed E-state index contributed by atoms with van der Waals surface area (Å²) >= 11 is 0. The second-order valence-electron chi connectivity index (χ2n) is 7.25. The summed E-state index contributed by atoms with van der Waals surface area (Å²) in [6, 6.07) is 6.89. The second kappa shape index (κ2) is 8.11. The molecule has 0 aliphatic rings. The molecule has 0 saturated heterocycles. The Kier molecular flexibility index (Phi) is 6.09. The first-order chi connectivity index (χ1) is 12.6. The first-order valence-electron chi connectivity index (χ1n) is 8.57. The van der Waals surface area contributed by atoms with Crippen molar-refractivity contribution in [3.05, 3.63) is 40.2 Å². The fraction of sp³-hybridized carbons (Fsp3) is 0.421. The van der Waals surface area contributed by atoms with Crippen molar-refractivity contribution < 1.29 is 18.7 Å². The summed E-state index contributed by atoms with van der Waals surface area (Å²) in [5, 5.41) is 5.75. The second-order valence-corrected chi connectivity index (χ2v) is 7.25. The summed E-state index contributed by atoms with van der Waals surface area (Å²) in [6.07, 6.45) is -0.571. The van der Waals surface area contributed by atoms with E-state index >= 15 is 0 Å². The van der Waals surface area contributed by atoms with E-state index < -0.39 is 23.2 Å². The lowest BCUT2D eigenvalue weighted by Crippen LogP contribution is -2.38. The summed E-state index contributed by atoms with van der Waals surface area (Å²) in [5.41, 5.74) is -0.0945. The van der Waals surface area contributed by atoms with E-state index in [4.69, 9.17) is 9.15 Å². The van der Waals surface area contributed by atoms with Crippen LogP contribution in [0.2, 0.25) is 0 Å². The van der Waals surface area contributed by atoms with Gasteiger partial charge in [-0.25, -0.2) is 9.59 Å². The van der Waals surface area contributed by atoms with Gasteiger partial charge in [0, 0.05) is 44.3 Å². The molecule has 2 rings (SSSR count). The molecule has 0 atom stereocenters. The molecule has 1 heterocycles. The number of hydrogen-bond acceptors (Lipinski definition) is 6. The zero-order valence-corrected chi connectivity index (χ0v) is 16.2. The number of ether oxygens (including phenoxy) is 1. The molecule has 0 aliphatic carbocycles. The van der Waals surface area contributed by atoms with Crippen molar-refractivity contribution in [2.75, 3.05) is 32.1 Å². The molecule has 2 amide bonds. The van der Waals surface area contributed by atoms with Gasteiger partial charge in [0.05, 0.1) is 0 Å². The van der Waals surface area contributed by atoms with Crippen LogP contribution in [0.25, 0.3) is 11.0 Å². The first kappa shape index (κ1) is 20.3. The molecule has 0 bridgehead atoms. The molecule has 1 aromatic heterocycles. The summed E-state index contributed by atoms with van der Waals surface area (Å²) in [5.74, 6) is -0.562. The van der Waals surface area contributed by atoms with Crippen LogP contribution in [0.1, 0.15) is 31.1 Å². The van der Waals surface area contributed by atoms with Gasteiger partial charge in [-0.15, -0.1) is 0 Å². The van der Waals surface area contributed by atoms with Crippen molar-refractivity contribution in [3.8, 4) is 0 Å². The molecule has 0 saturated carbocycles. The van der Waals surface area contributed by atoms with Crippen LogP contribution in [0.5, 0.6) is 0 Å². The molecule has 2 N–H and O–H groups in total. The highest BCUT2D eigenvalue weighted by molar-refractivity contribution is 5.97. The average Bonchev–Trinajstić information content (AvgIpc) is 2.55. The molecule has 8 heteroatoms. The van der Waals surface area contributed by atoms with Gasteiger partial charge >= 0.3 is 11.7 Å². The number of amides is 2. The number of alkyl carbamates (subject to hydrolysis) is 1. The Bertz CT molecular complexity index is 896. The molecule has 0 unspecified atom stereocenters. The maximum absolute atomic E-state index is 12.2. The lowest BCUT2D eigenvalue weighted by Gasteiger charge is -2.19. The van der Waals surface area contributed by atoms with Crippen molar-refractivity contribution in [2.24, 2.45) is 0 Å². The highest BCUT2D eigenvalue weighted by Crippen LogP contribution is 2.20. The van der Waals surface area contributed by atoms with E-state index in [0.717, 1.165) is 5.69 Å². The molecular weight excluding hydrogens is 350 g/mol. The van der Waals surface area contributed by atoms with Crippen molar-refractivity contribution in [1.29, 1.82) is 0 Å². The SMILES string of the molecule is CN(C)c1ccc2cc(C(=O)NCCNC(=O)OC(C)(C)C)c(=O)oc2c1. The van der Waals surface area contributed by atoms with E-state index in [1.807, 2.05) is 25.1 Å². The lowest BCUT2D eigenvalue weighted by atomic mass is 10.1. The van der Waals surface area contributed by atoms with Gasteiger partial charge in [0.2, 0.25) is 0 Å². The van der Waals surface area contributed by atoms with E-state index in [2.05, 4.69) is 10.6 Å². The Labute approximate surface area is 157 Å². The summed E-state index contributed by atoms with van der Waals surface area (Å²) < 4.78 is 10.4. The van der Waals surface area contributed by atoms with E-state index in [0.29, 0.717) is 11.0 Å². The third kappa shape index (κ3) is 5.73. The Morgan fingerprint density at radius 2 is 1.78 bits per heavy atom. The van der Waals surface area contributed by atoms with Crippen LogP contribution in [0, 0.1) is 0 Å². The third-order valence-corrected chi connectivity index (χ3v) is 3.56. The Morgan fingerprint density at radius 1 is 1.11 bits per heavy atom. The largest absolute Gasteiger partial charge is 0.444 e. The molecule has 2 aromatic rings. The molecule has 0 spiro atoms. The number of carbonyl (C=O) groups excluding carboxylic acids is 2. The van der Waals surface area contributed by atoms with Gasteiger partial charge in [-0.1, -0.05) is 0 Å². The van der Waals surface area contributed by atoms with Crippen molar-refractivity contribution in [1.82, 2.24) is 10.6 Å². The average molecular weight is 375 g/mol. The summed E-state index contributed by atoms with van der Waals surface area (Å²) in [4.78, 5) is 37.8. The maximum Gasteiger partial charge on any atom is 0.407 e. The van der Waals surface area contributed by atoms with Crippen LogP contribution in [0.15, 0.2) is 33.5 Å². The monoisotopic (exact) mass is 375 g/mol. The van der Waals surface area contributed by atoms with Gasteiger partial charge < -0.3 is 24.7 Å². The number of rotatable bonds is 5. The van der Waals surface area contributed by atoms with Gasteiger partial charge in [-0.05, 0) is 39.0 Å². The van der Waals surface area contributed by atoms with Gasteiger partial charge in [0.1, 0.15) is 16.7 Å². The van der Waals surface area contributed by atoms with E-state index in [-0.39, 0.29) is 18.7 Å². The fourth-order valence-corrected chi connectivity index (χ4v) is 2.29. The summed E-state index contributed by atoms with van der Waals surface area (Å²) in [7, 11) is 3.76. The minimum absolute atomic E-state index is 0.0858.